The lowest BCUT2D eigenvalue weighted by Crippen LogP contribution is -2.08. The molecule has 0 amide bonds. The maximum atomic E-state index is 11.4. The highest BCUT2D eigenvalue weighted by Crippen LogP contribution is 2.24. The molecular formula is C11H11NO4. The highest BCUT2D eigenvalue weighted by molar-refractivity contribution is 5.95. The van der Waals surface area contributed by atoms with Gasteiger partial charge in [0, 0.05) is 0 Å². The predicted molar refractivity (Wildman–Crippen MR) is 54.7 cm³/mol. The Morgan fingerprint density at radius 2 is 2.25 bits per heavy atom. The van der Waals surface area contributed by atoms with Crippen molar-refractivity contribution in [1.82, 2.24) is 0 Å². The summed E-state index contributed by atoms with van der Waals surface area (Å²) in [6, 6.07) is 4.35. The van der Waals surface area contributed by atoms with Crippen LogP contribution in [0.5, 0.6) is 5.75 Å². The SMILES string of the molecule is CCOC(=O)c1c(O)cc(CO)cc1C#N. The monoisotopic (exact) mass is 221 g/mol. The molecule has 5 nitrogen and oxygen atoms in total. The van der Waals surface area contributed by atoms with Crippen molar-refractivity contribution >= 4 is 5.97 Å². The fourth-order valence-electron chi connectivity index (χ4n) is 1.28. The lowest BCUT2D eigenvalue weighted by molar-refractivity contribution is 0.0522. The standard InChI is InChI=1S/C11H11NO4/c1-2-16-11(15)10-8(5-12)3-7(6-13)4-9(10)14/h3-4,13-14H,2,6H2,1H3. The number of phenols is 1. The summed E-state index contributed by atoms with van der Waals surface area (Å²) in [7, 11) is 0. The number of nitriles is 1. The van der Waals surface area contributed by atoms with Crippen LogP contribution >= 0.6 is 0 Å². The molecule has 0 saturated carbocycles. The van der Waals surface area contributed by atoms with Crippen molar-refractivity contribution in [3.63, 3.8) is 0 Å². The molecule has 0 saturated heterocycles. The Morgan fingerprint density at radius 3 is 2.75 bits per heavy atom. The van der Waals surface area contributed by atoms with Crippen LogP contribution in [0.15, 0.2) is 12.1 Å². The molecule has 5 heteroatoms. The number of nitrogens with zero attached hydrogens (tertiary/aromatic N) is 1. The van der Waals surface area contributed by atoms with Gasteiger partial charge in [-0.2, -0.15) is 5.26 Å². The summed E-state index contributed by atoms with van der Waals surface area (Å²) in [5.74, 6) is -1.11. The maximum absolute atomic E-state index is 11.4. The summed E-state index contributed by atoms with van der Waals surface area (Å²) in [6.07, 6.45) is 0. The van der Waals surface area contributed by atoms with Gasteiger partial charge in [0.1, 0.15) is 17.4 Å². The van der Waals surface area contributed by atoms with Crippen molar-refractivity contribution in [2.24, 2.45) is 0 Å². The molecule has 0 aliphatic carbocycles. The van der Waals surface area contributed by atoms with E-state index in [4.69, 9.17) is 15.1 Å². The van der Waals surface area contributed by atoms with Crippen LogP contribution in [0.1, 0.15) is 28.4 Å². The Labute approximate surface area is 92.5 Å². The van der Waals surface area contributed by atoms with Crippen LogP contribution < -0.4 is 0 Å². The van der Waals surface area contributed by atoms with Gasteiger partial charge in [0.2, 0.25) is 0 Å². The number of hydrogen-bond acceptors (Lipinski definition) is 5. The zero-order valence-electron chi connectivity index (χ0n) is 8.73. The number of aliphatic hydroxyl groups is 1. The van der Waals surface area contributed by atoms with Gasteiger partial charge in [-0.3, -0.25) is 0 Å². The number of ether oxygens (including phenoxy) is 1. The molecule has 0 radical (unpaired) electrons. The van der Waals surface area contributed by atoms with E-state index in [1.807, 2.05) is 0 Å². The number of phenolic OH excluding ortho intramolecular Hbond substituents is 1. The third-order valence-electron chi connectivity index (χ3n) is 1.96. The molecule has 0 heterocycles. The largest absolute Gasteiger partial charge is 0.507 e. The molecule has 0 unspecified atom stereocenters. The van der Waals surface area contributed by atoms with Crippen LogP contribution in [0.3, 0.4) is 0 Å². The Morgan fingerprint density at radius 1 is 1.56 bits per heavy atom. The zero-order chi connectivity index (χ0) is 12.1. The average molecular weight is 221 g/mol. The molecule has 0 bridgehead atoms. The van der Waals surface area contributed by atoms with Crippen LogP contribution in [0.2, 0.25) is 0 Å². The molecule has 0 aliphatic rings. The first kappa shape index (κ1) is 12.0. The Balaban J connectivity index is 3.28. The molecule has 0 fully saturated rings. The predicted octanol–water partition coefficient (Wildman–Crippen LogP) is 0.933. The van der Waals surface area contributed by atoms with Gasteiger partial charge >= 0.3 is 5.97 Å². The normalized spacial score (nSPS) is 9.56. The third kappa shape index (κ3) is 2.30. The lowest BCUT2D eigenvalue weighted by atomic mass is 10.0. The van der Waals surface area contributed by atoms with Gasteiger partial charge in [0.05, 0.1) is 18.8 Å². The topological polar surface area (TPSA) is 90.6 Å². The van der Waals surface area contributed by atoms with Crippen LogP contribution in [0.25, 0.3) is 0 Å². The molecular weight excluding hydrogens is 210 g/mol. The van der Waals surface area contributed by atoms with E-state index in [9.17, 15) is 9.90 Å². The molecule has 0 aromatic heterocycles. The van der Waals surface area contributed by atoms with Gasteiger partial charge in [-0.25, -0.2) is 4.79 Å². The van der Waals surface area contributed by atoms with E-state index in [1.165, 1.54) is 12.1 Å². The van der Waals surface area contributed by atoms with E-state index in [0.717, 1.165) is 0 Å². The molecule has 0 atom stereocenters. The minimum Gasteiger partial charge on any atom is -0.507 e. The summed E-state index contributed by atoms with van der Waals surface area (Å²) < 4.78 is 4.71. The first-order valence-electron chi connectivity index (χ1n) is 4.68. The van der Waals surface area contributed by atoms with Gasteiger partial charge < -0.3 is 14.9 Å². The number of aromatic hydroxyl groups is 1. The summed E-state index contributed by atoms with van der Waals surface area (Å²) >= 11 is 0. The van der Waals surface area contributed by atoms with Gasteiger partial charge in [0.15, 0.2) is 0 Å². The number of rotatable bonds is 3. The number of carbonyl (C=O) groups excluding carboxylic acids is 1. The number of carbonyl (C=O) groups is 1. The second kappa shape index (κ2) is 5.14. The second-order valence-corrected chi connectivity index (χ2v) is 3.03. The van der Waals surface area contributed by atoms with E-state index >= 15 is 0 Å². The van der Waals surface area contributed by atoms with Gasteiger partial charge in [-0.05, 0) is 24.6 Å². The van der Waals surface area contributed by atoms with Gasteiger partial charge in [-0.1, -0.05) is 0 Å². The summed E-state index contributed by atoms with van der Waals surface area (Å²) in [5.41, 5.74) is 0.186. The smallest absolute Gasteiger partial charge is 0.343 e. The third-order valence-corrected chi connectivity index (χ3v) is 1.96. The first-order chi connectivity index (χ1) is 7.63. The van der Waals surface area contributed by atoms with E-state index in [0.29, 0.717) is 5.56 Å². The number of aliphatic hydroxyl groups excluding tert-OH is 1. The molecule has 0 spiro atoms. The Bertz CT molecular complexity index is 448. The Kier molecular flexibility index (Phi) is 3.86. The summed E-state index contributed by atoms with van der Waals surface area (Å²) in [5, 5.41) is 27.3. The van der Waals surface area contributed by atoms with Crippen molar-refractivity contribution in [2.45, 2.75) is 13.5 Å². The molecule has 1 aromatic carbocycles. The fourth-order valence-corrected chi connectivity index (χ4v) is 1.28. The van der Waals surface area contributed by atoms with E-state index in [1.54, 1.807) is 13.0 Å². The van der Waals surface area contributed by atoms with E-state index < -0.39 is 5.97 Å². The molecule has 2 N–H and O–H groups in total. The number of benzene rings is 1. The van der Waals surface area contributed by atoms with Crippen molar-refractivity contribution in [1.29, 1.82) is 5.26 Å². The number of hydrogen-bond donors (Lipinski definition) is 2. The highest BCUT2D eigenvalue weighted by atomic mass is 16.5. The van der Waals surface area contributed by atoms with Crippen LogP contribution in [0, 0.1) is 11.3 Å². The fraction of sp³-hybridized carbons (Fsp3) is 0.273. The maximum Gasteiger partial charge on any atom is 0.343 e. The summed E-state index contributed by atoms with van der Waals surface area (Å²) in [4.78, 5) is 11.4. The van der Waals surface area contributed by atoms with Crippen molar-refractivity contribution in [3.8, 4) is 11.8 Å². The average Bonchev–Trinajstić information content (AvgIpc) is 2.27. The minimum atomic E-state index is -0.749. The molecule has 0 aliphatic heterocycles. The van der Waals surface area contributed by atoms with Gasteiger partial charge in [0.25, 0.3) is 0 Å². The van der Waals surface area contributed by atoms with Gasteiger partial charge in [-0.15, -0.1) is 0 Å². The van der Waals surface area contributed by atoms with Crippen LogP contribution in [-0.2, 0) is 11.3 Å². The Hall–Kier alpha value is -2.06. The molecule has 16 heavy (non-hydrogen) atoms. The molecule has 84 valence electrons. The van der Waals surface area contributed by atoms with E-state index in [2.05, 4.69) is 0 Å². The lowest BCUT2D eigenvalue weighted by Gasteiger charge is -2.07. The zero-order valence-corrected chi connectivity index (χ0v) is 8.73. The van der Waals surface area contributed by atoms with Crippen molar-refractivity contribution in [3.05, 3.63) is 28.8 Å². The van der Waals surface area contributed by atoms with E-state index in [-0.39, 0.29) is 30.1 Å². The molecule has 1 rings (SSSR count). The quantitative estimate of drug-likeness (QED) is 0.741. The first-order valence-corrected chi connectivity index (χ1v) is 4.68. The van der Waals surface area contributed by atoms with Crippen molar-refractivity contribution in [2.75, 3.05) is 6.61 Å². The van der Waals surface area contributed by atoms with Crippen LogP contribution in [0.4, 0.5) is 0 Å². The summed E-state index contributed by atoms with van der Waals surface area (Å²) in [6.45, 7) is 1.47. The minimum absolute atomic E-state index is 0.0116. The number of esters is 1. The molecule has 1 aromatic rings. The highest BCUT2D eigenvalue weighted by Gasteiger charge is 2.18. The second-order valence-electron chi connectivity index (χ2n) is 3.03. The van der Waals surface area contributed by atoms with Crippen LogP contribution in [-0.4, -0.2) is 22.8 Å². The van der Waals surface area contributed by atoms with Crippen molar-refractivity contribution < 1.29 is 19.7 Å².